The second-order valence-electron chi connectivity index (χ2n) is 4.79. The number of hydrogen-bond acceptors (Lipinski definition) is 4. The Morgan fingerprint density at radius 2 is 1.62 bits per heavy atom. The van der Waals surface area contributed by atoms with E-state index in [1.54, 1.807) is 19.9 Å². The third kappa shape index (κ3) is 5.20. The van der Waals surface area contributed by atoms with Gasteiger partial charge in [0, 0.05) is 0 Å². The molecule has 0 saturated carbocycles. The van der Waals surface area contributed by atoms with Gasteiger partial charge in [-0.15, -0.1) is 0 Å². The molecule has 0 radical (unpaired) electrons. The van der Waals surface area contributed by atoms with E-state index in [1.807, 2.05) is 0 Å². The van der Waals surface area contributed by atoms with Gasteiger partial charge in [-0.3, -0.25) is 0 Å². The van der Waals surface area contributed by atoms with E-state index >= 15 is 0 Å². The Bertz CT molecular complexity index is 714. The lowest BCUT2D eigenvalue weighted by Crippen LogP contribution is -2.12. The van der Waals surface area contributed by atoms with E-state index in [9.17, 15) is 25.6 Å². The van der Waals surface area contributed by atoms with Crippen LogP contribution >= 0.6 is 0 Å². The Labute approximate surface area is 123 Å². The van der Waals surface area contributed by atoms with E-state index in [1.165, 1.54) is 12.1 Å². The standard InChI is InChI=1S/C13H16F2O4S2/c1-10(2)7-8-20(16,17)9-11-3-5-12(6-4-11)21(18,19)13(14)15/h3-7,13H,8-9H2,1-2H3. The summed E-state index contributed by atoms with van der Waals surface area (Å²) in [5.41, 5.74) is 1.22. The average molecular weight is 338 g/mol. The van der Waals surface area contributed by atoms with Gasteiger partial charge in [-0.2, -0.15) is 8.78 Å². The highest BCUT2D eigenvalue weighted by molar-refractivity contribution is 7.91. The monoisotopic (exact) mass is 338 g/mol. The number of allylic oxidation sites excluding steroid dienone is 1. The summed E-state index contributed by atoms with van der Waals surface area (Å²) in [6, 6.07) is 4.45. The number of alkyl halides is 2. The van der Waals surface area contributed by atoms with Crippen LogP contribution in [0.1, 0.15) is 19.4 Å². The number of sulfone groups is 2. The molecule has 0 fully saturated rings. The Hall–Kier alpha value is -1.28. The minimum Gasteiger partial charge on any atom is -0.228 e. The van der Waals surface area contributed by atoms with Crippen LogP contribution in [0.3, 0.4) is 0 Å². The van der Waals surface area contributed by atoms with Gasteiger partial charge in [-0.05, 0) is 31.5 Å². The van der Waals surface area contributed by atoms with Crippen LogP contribution in [0.5, 0.6) is 0 Å². The molecule has 1 aromatic rings. The van der Waals surface area contributed by atoms with Gasteiger partial charge >= 0.3 is 5.76 Å². The van der Waals surface area contributed by atoms with Gasteiger partial charge in [-0.1, -0.05) is 23.8 Å². The number of rotatable bonds is 6. The molecule has 0 aromatic heterocycles. The van der Waals surface area contributed by atoms with E-state index in [0.717, 1.165) is 17.7 Å². The van der Waals surface area contributed by atoms with Gasteiger partial charge in [-0.25, -0.2) is 16.8 Å². The molecule has 8 heteroatoms. The fraction of sp³-hybridized carbons (Fsp3) is 0.385. The van der Waals surface area contributed by atoms with E-state index < -0.39 is 30.3 Å². The summed E-state index contributed by atoms with van der Waals surface area (Å²) in [7, 11) is -8.02. The van der Waals surface area contributed by atoms with Crippen LogP contribution in [0.4, 0.5) is 8.78 Å². The van der Waals surface area contributed by atoms with E-state index in [-0.39, 0.29) is 11.5 Å². The van der Waals surface area contributed by atoms with Gasteiger partial charge in [0.15, 0.2) is 9.84 Å². The van der Waals surface area contributed by atoms with Crippen LogP contribution in [0, 0.1) is 0 Å². The Morgan fingerprint density at radius 1 is 1.10 bits per heavy atom. The Kier molecular flexibility index (Phi) is 5.63. The molecule has 0 bridgehead atoms. The second kappa shape index (κ2) is 6.65. The molecule has 4 nitrogen and oxygen atoms in total. The smallest absolute Gasteiger partial charge is 0.228 e. The molecule has 118 valence electrons. The molecule has 0 aliphatic rings. The van der Waals surface area contributed by atoms with Crippen molar-refractivity contribution in [3.05, 3.63) is 41.5 Å². The lowest BCUT2D eigenvalue weighted by atomic mass is 10.2. The molecule has 0 amide bonds. The molecule has 0 unspecified atom stereocenters. The zero-order valence-corrected chi connectivity index (χ0v) is 13.2. The fourth-order valence-corrected chi connectivity index (χ4v) is 3.61. The van der Waals surface area contributed by atoms with E-state index in [2.05, 4.69) is 0 Å². The summed E-state index contributed by atoms with van der Waals surface area (Å²) in [5.74, 6) is -3.89. The first-order chi connectivity index (χ1) is 9.54. The number of halogens is 2. The molecule has 21 heavy (non-hydrogen) atoms. The summed E-state index contributed by atoms with van der Waals surface area (Å²) in [5, 5.41) is 0. The largest absolute Gasteiger partial charge is 0.341 e. The molecule has 0 spiro atoms. The zero-order chi connectivity index (χ0) is 16.3. The van der Waals surface area contributed by atoms with Crippen molar-refractivity contribution >= 4 is 19.7 Å². The summed E-state index contributed by atoms with van der Waals surface area (Å²) in [4.78, 5) is -0.525. The lowest BCUT2D eigenvalue weighted by molar-refractivity contribution is 0.234. The van der Waals surface area contributed by atoms with Crippen LogP contribution in [0.15, 0.2) is 40.8 Å². The second-order valence-corrected chi connectivity index (χ2v) is 8.81. The molecule has 0 N–H and O–H groups in total. The first kappa shape index (κ1) is 17.8. The van der Waals surface area contributed by atoms with Gasteiger partial charge in [0.1, 0.15) is 0 Å². The van der Waals surface area contributed by atoms with Crippen molar-refractivity contribution in [2.75, 3.05) is 5.75 Å². The van der Waals surface area contributed by atoms with Gasteiger partial charge < -0.3 is 0 Å². The maximum Gasteiger partial charge on any atom is 0.341 e. The third-order valence-corrected chi connectivity index (χ3v) is 5.46. The topological polar surface area (TPSA) is 68.3 Å². The summed E-state index contributed by atoms with van der Waals surface area (Å²) in [6.45, 7) is 3.55. The minimum absolute atomic E-state index is 0.119. The molecule has 0 aliphatic heterocycles. The highest BCUT2D eigenvalue weighted by Crippen LogP contribution is 2.19. The molecule has 1 aromatic carbocycles. The molecular formula is C13H16F2O4S2. The first-order valence-corrected chi connectivity index (χ1v) is 9.36. The predicted octanol–water partition coefficient (Wildman–Crippen LogP) is 2.56. The van der Waals surface area contributed by atoms with E-state index in [0.29, 0.717) is 5.56 Å². The van der Waals surface area contributed by atoms with Crippen molar-refractivity contribution in [1.82, 2.24) is 0 Å². The van der Waals surface area contributed by atoms with Crippen molar-refractivity contribution < 1.29 is 25.6 Å². The van der Waals surface area contributed by atoms with Crippen LogP contribution in [-0.4, -0.2) is 28.3 Å². The zero-order valence-electron chi connectivity index (χ0n) is 11.6. The highest BCUT2D eigenvalue weighted by Gasteiger charge is 2.26. The maximum atomic E-state index is 12.4. The van der Waals surface area contributed by atoms with Crippen molar-refractivity contribution in [2.24, 2.45) is 0 Å². The third-order valence-electron chi connectivity index (χ3n) is 2.62. The fourth-order valence-electron chi connectivity index (χ4n) is 1.48. The molecule has 0 atom stereocenters. The van der Waals surface area contributed by atoms with Crippen LogP contribution in [0.25, 0.3) is 0 Å². The molecule has 0 saturated heterocycles. The average Bonchev–Trinajstić information content (AvgIpc) is 2.36. The summed E-state index contributed by atoms with van der Waals surface area (Å²) < 4.78 is 70.8. The minimum atomic E-state index is -4.65. The Morgan fingerprint density at radius 3 is 2.05 bits per heavy atom. The molecule has 0 aliphatic carbocycles. The van der Waals surface area contributed by atoms with Crippen molar-refractivity contribution in [1.29, 1.82) is 0 Å². The summed E-state index contributed by atoms with van der Waals surface area (Å²) in [6.07, 6.45) is 1.57. The van der Waals surface area contributed by atoms with Gasteiger partial charge in [0.05, 0.1) is 16.4 Å². The van der Waals surface area contributed by atoms with Crippen molar-refractivity contribution in [2.45, 2.75) is 30.3 Å². The SMILES string of the molecule is CC(C)=CCS(=O)(=O)Cc1ccc(S(=O)(=O)C(F)F)cc1. The lowest BCUT2D eigenvalue weighted by Gasteiger charge is -2.05. The maximum absolute atomic E-state index is 12.4. The van der Waals surface area contributed by atoms with E-state index in [4.69, 9.17) is 0 Å². The van der Waals surface area contributed by atoms with Crippen LogP contribution in [-0.2, 0) is 25.4 Å². The van der Waals surface area contributed by atoms with Crippen LogP contribution < -0.4 is 0 Å². The summed E-state index contributed by atoms with van der Waals surface area (Å²) >= 11 is 0. The number of hydrogen-bond donors (Lipinski definition) is 0. The molecule has 0 heterocycles. The van der Waals surface area contributed by atoms with Crippen LogP contribution in [0.2, 0.25) is 0 Å². The van der Waals surface area contributed by atoms with Gasteiger partial charge in [0.25, 0.3) is 0 Å². The first-order valence-electron chi connectivity index (χ1n) is 5.99. The normalized spacial score (nSPS) is 12.4. The number of benzene rings is 1. The van der Waals surface area contributed by atoms with Crippen molar-refractivity contribution in [3.63, 3.8) is 0 Å². The molecule has 1 rings (SSSR count). The predicted molar refractivity (Wildman–Crippen MR) is 76.6 cm³/mol. The van der Waals surface area contributed by atoms with Gasteiger partial charge in [0.2, 0.25) is 9.84 Å². The quantitative estimate of drug-likeness (QED) is 0.748. The molecular weight excluding hydrogens is 322 g/mol. The van der Waals surface area contributed by atoms with Crippen molar-refractivity contribution in [3.8, 4) is 0 Å². The Balaban J connectivity index is 2.92. The highest BCUT2D eigenvalue weighted by atomic mass is 32.2.